The molecule has 1 rings (SSSR count). The third-order valence-electron chi connectivity index (χ3n) is 3.32. The average Bonchev–Trinajstić information content (AvgIpc) is 2.60. The van der Waals surface area contributed by atoms with Gasteiger partial charge >= 0.3 is 0 Å². The summed E-state index contributed by atoms with van der Waals surface area (Å²) in [5.41, 5.74) is 3.95. The maximum Gasteiger partial charge on any atom is 0.136 e. The van der Waals surface area contributed by atoms with Crippen LogP contribution in [0.25, 0.3) is 0 Å². The van der Waals surface area contributed by atoms with Gasteiger partial charge in [-0.05, 0) is 29.7 Å². The van der Waals surface area contributed by atoms with Crippen molar-refractivity contribution in [2.45, 2.75) is 13.8 Å². The summed E-state index contributed by atoms with van der Waals surface area (Å²) in [6.45, 7) is 4.21. The molecule has 0 saturated heterocycles. The largest absolute Gasteiger partial charge is 0.376 e. The fourth-order valence-electron chi connectivity index (χ4n) is 2.06. The molecule has 1 aliphatic carbocycles. The Bertz CT molecular complexity index is 598. The molecule has 0 bridgehead atoms. The summed E-state index contributed by atoms with van der Waals surface area (Å²) in [6, 6.07) is 3.97. The average molecular weight is 282 g/mol. The molecule has 0 fully saturated rings. The molecule has 1 aliphatic rings. The van der Waals surface area contributed by atoms with E-state index < -0.39 is 0 Å². The summed E-state index contributed by atoms with van der Waals surface area (Å²) in [6.07, 6.45) is 5.96. The topological polar surface area (TPSA) is 54.1 Å². The Balaban J connectivity index is 3.67. The zero-order chi connectivity index (χ0) is 16.2. The second-order valence-corrected chi connectivity index (χ2v) is 5.70. The smallest absolute Gasteiger partial charge is 0.136 e. The zero-order valence-electron chi connectivity index (χ0n) is 13.6. The van der Waals surface area contributed by atoms with Crippen LogP contribution < -0.4 is 0 Å². The van der Waals surface area contributed by atoms with Crippen LogP contribution in [0.1, 0.15) is 13.8 Å². The number of hydrogen-bond acceptors (Lipinski definition) is 4. The highest BCUT2D eigenvalue weighted by molar-refractivity contribution is 5.57. The van der Waals surface area contributed by atoms with E-state index in [-0.39, 0.29) is 5.57 Å². The van der Waals surface area contributed by atoms with E-state index >= 15 is 0 Å². The molecule has 0 aromatic heterocycles. The van der Waals surface area contributed by atoms with Gasteiger partial charge < -0.3 is 9.80 Å². The van der Waals surface area contributed by atoms with E-state index in [1.54, 1.807) is 0 Å². The van der Waals surface area contributed by atoms with E-state index in [9.17, 15) is 0 Å². The molecule has 4 heteroatoms. The standard InChI is InChI=1S/C17H22N4/c1-12(2)13-7-14(15(10-18)11-19)9-17(21(5)6)16(8-13)20(3)4/h7-9,12H,1-6H3. The highest BCUT2D eigenvalue weighted by Crippen LogP contribution is 2.28. The molecule has 110 valence electrons. The summed E-state index contributed by atoms with van der Waals surface area (Å²) in [5, 5.41) is 18.3. The predicted octanol–water partition coefficient (Wildman–Crippen LogP) is 2.82. The Kier molecular flexibility index (Phi) is 5.38. The minimum atomic E-state index is 0.140. The van der Waals surface area contributed by atoms with Crippen molar-refractivity contribution in [2.24, 2.45) is 5.92 Å². The summed E-state index contributed by atoms with van der Waals surface area (Å²) < 4.78 is 0. The highest BCUT2D eigenvalue weighted by Gasteiger charge is 2.17. The van der Waals surface area contributed by atoms with Crippen molar-refractivity contribution in [2.75, 3.05) is 28.2 Å². The van der Waals surface area contributed by atoms with E-state index in [2.05, 4.69) is 19.9 Å². The Labute approximate surface area is 127 Å². The molecule has 21 heavy (non-hydrogen) atoms. The molecule has 4 nitrogen and oxygen atoms in total. The van der Waals surface area contributed by atoms with Crippen LogP contribution in [0.5, 0.6) is 0 Å². The predicted molar refractivity (Wildman–Crippen MR) is 84.7 cm³/mol. The number of likely N-dealkylation sites (N-methyl/N-ethyl adjacent to an activating group) is 2. The van der Waals surface area contributed by atoms with Gasteiger partial charge in [0, 0.05) is 33.8 Å². The Morgan fingerprint density at radius 2 is 1.38 bits per heavy atom. The third kappa shape index (κ3) is 3.77. The Hall–Kier alpha value is -2.46. The second-order valence-electron chi connectivity index (χ2n) is 5.70. The first-order valence-electron chi connectivity index (χ1n) is 6.86. The van der Waals surface area contributed by atoms with Gasteiger partial charge in [-0.3, -0.25) is 0 Å². The van der Waals surface area contributed by atoms with Gasteiger partial charge in [0.25, 0.3) is 0 Å². The van der Waals surface area contributed by atoms with Gasteiger partial charge in [-0.2, -0.15) is 10.5 Å². The minimum Gasteiger partial charge on any atom is -0.376 e. The van der Waals surface area contributed by atoms with E-state index in [4.69, 9.17) is 10.5 Å². The van der Waals surface area contributed by atoms with E-state index in [0.717, 1.165) is 17.0 Å². The highest BCUT2D eigenvalue weighted by atomic mass is 15.2. The van der Waals surface area contributed by atoms with Crippen LogP contribution in [-0.2, 0) is 0 Å². The summed E-state index contributed by atoms with van der Waals surface area (Å²) >= 11 is 0. The molecule has 0 spiro atoms. The Morgan fingerprint density at radius 1 is 0.905 bits per heavy atom. The molecule has 0 radical (unpaired) electrons. The minimum absolute atomic E-state index is 0.140. The molecule has 0 atom stereocenters. The van der Waals surface area contributed by atoms with Crippen molar-refractivity contribution >= 4 is 0 Å². The SMILES string of the molecule is CC(C)C1=CC(=C(C#N)C#N)C=C(N(C)C)C(N(C)C)=C1. The van der Waals surface area contributed by atoms with Crippen molar-refractivity contribution in [1.82, 2.24) is 9.80 Å². The van der Waals surface area contributed by atoms with E-state index in [1.165, 1.54) is 0 Å². The van der Waals surface area contributed by atoms with Gasteiger partial charge in [0.2, 0.25) is 0 Å². The number of nitriles is 2. The van der Waals surface area contributed by atoms with Crippen LogP contribution in [-0.4, -0.2) is 38.0 Å². The molecule has 0 heterocycles. The molecule has 0 aromatic carbocycles. The first-order chi connectivity index (χ1) is 9.81. The van der Waals surface area contributed by atoms with Crippen LogP contribution in [0.15, 0.2) is 46.3 Å². The van der Waals surface area contributed by atoms with Crippen LogP contribution in [0.4, 0.5) is 0 Å². The fraction of sp³-hybridized carbons (Fsp3) is 0.412. The zero-order valence-corrected chi connectivity index (χ0v) is 13.6. The van der Waals surface area contributed by atoms with Crippen molar-refractivity contribution in [3.8, 4) is 12.1 Å². The van der Waals surface area contributed by atoms with Gasteiger partial charge in [0.1, 0.15) is 17.7 Å². The molecule has 0 unspecified atom stereocenters. The van der Waals surface area contributed by atoms with Crippen molar-refractivity contribution in [3.63, 3.8) is 0 Å². The molecule has 0 N–H and O–H groups in total. The van der Waals surface area contributed by atoms with Crippen LogP contribution in [0.3, 0.4) is 0 Å². The lowest BCUT2D eigenvalue weighted by Gasteiger charge is -2.25. The van der Waals surface area contributed by atoms with Gasteiger partial charge in [-0.25, -0.2) is 0 Å². The first kappa shape index (κ1) is 16.6. The molecule has 0 saturated carbocycles. The number of nitrogens with zero attached hydrogens (tertiary/aromatic N) is 4. The lowest BCUT2D eigenvalue weighted by atomic mass is 9.99. The number of rotatable bonds is 3. The van der Waals surface area contributed by atoms with E-state index in [1.807, 2.05) is 62.3 Å². The molecular formula is C17H22N4. The van der Waals surface area contributed by atoms with Crippen LogP contribution in [0, 0.1) is 28.6 Å². The quantitative estimate of drug-likeness (QED) is 0.747. The van der Waals surface area contributed by atoms with Gasteiger partial charge in [-0.15, -0.1) is 0 Å². The second kappa shape index (κ2) is 6.81. The monoisotopic (exact) mass is 282 g/mol. The van der Waals surface area contributed by atoms with Crippen molar-refractivity contribution in [1.29, 1.82) is 10.5 Å². The maximum absolute atomic E-state index is 9.17. The maximum atomic E-state index is 9.17. The normalized spacial score (nSPS) is 14.3. The van der Waals surface area contributed by atoms with Crippen molar-refractivity contribution < 1.29 is 0 Å². The lowest BCUT2D eigenvalue weighted by molar-refractivity contribution is 0.443. The van der Waals surface area contributed by atoms with Crippen molar-refractivity contribution in [3.05, 3.63) is 46.3 Å². The lowest BCUT2D eigenvalue weighted by Crippen LogP contribution is -2.22. The van der Waals surface area contributed by atoms with E-state index in [0.29, 0.717) is 11.5 Å². The van der Waals surface area contributed by atoms with Crippen LogP contribution >= 0.6 is 0 Å². The third-order valence-corrected chi connectivity index (χ3v) is 3.32. The van der Waals surface area contributed by atoms with Gasteiger partial charge in [-0.1, -0.05) is 13.8 Å². The van der Waals surface area contributed by atoms with Gasteiger partial charge in [0.15, 0.2) is 0 Å². The summed E-state index contributed by atoms with van der Waals surface area (Å²) in [4.78, 5) is 4.04. The summed E-state index contributed by atoms with van der Waals surface area (Å²) in [7, 11) is 7.90. The van der Waals surface area contributed by atoms with Gasteiger partial charge in [0.05, 0.1) is 11.4 Å². The van der Waals surface area contributed by atoms with Crippen LogP contribution in [0.2, 0.25) is 0 Å². The molecule has 0 aliphatic heterocycles. The first-order valence-corrected chi connectivity index (χ1v) is 6.86. The molecule has 0 amide bonds. The molecule has 0 aromatic rings. The fourth-order valence-corrected chi connectivity index (χ4v) is 2.06. The number of allylic oxidation sites excluding steroid dienone is 6. The molecular weight excluding hydrogens is 260 g/mol. The Morgan fingerprint density at radius 3 is 1.76 bits per heavy atom. The number of hydrogen-bond donors (Lipinski definition) is 0. The summed E-state index contributed by atoms with van der Waals surface area (Å²) in [5.74, 6) is 0.309.